The van der Waals surface area contributed by atoms with Gasteiger partial charge in [-0.05, 0) is 36.9 Å². The summed E-state index contributed by atoms with van der Waals surface area (Å²) in [7, 11) is 0. The van der Waals surface area contributed by atoms with Crippen LogP contribution in [-0.2, 0) is 30.4 Å². The fourth-order valence-corrected chi connectivity index (χ4v) is 3.90. The van der Waals surface area contributed by atoms with E-state index < -0.39 is 60.2 Å². The second kappa shape index (κ2) is 16.0. The van der Waals surface area contributed by atoms with Gasteiger partial charge < -0.3 is 37.5 Å². The molecule has 0 aromatic carbocycles. The number of aliphatic carboxylic acids is 1. The molecule has 0 aliphatic carbocycles. The third-order valence-electron chi connectivity index (χ3n) is 4.84. The quantitative estimate of drug-likeness (QED) is 0.119. The van der Waals surface area contributed by atoms with Gasteiger partial charge in [-0.2, -0.15) is 23.5 Å². The Hall–Kier alpha value is -2.78. The number of nitrogens with one attached hydrogen (secondary N) is 4. The van der Waals surface area contributed by atoms with Crippen molar-refractivity contribution in [3.8, 4) is 0 Å². The summed E-state index contributed by atoms with van der Waals surface area (Å²) in [5.74, 6) is -3.29. The van der Waals surface area contributed by atoms with E-state index in [9.17, 15) is 29.1 Å². The summed E-state index contributed by atoms with van der Waals surface area (Å²) in [4.78, 5) is 68.0. The average Bonchev–Trinajstić information content (AvgIpc) is 3.30. The Morgan fingerprint density at radius 1 is 0.971 bits per heavy atom. The Labute approximate surface area is 211 Å². The molecule has 35 heavy (non-hydrogen) atoms. The second-order valence-corrected chi connectivity index (χ2v) is 9.61. The summed E-state index contributed by atoms with van der Waals surface area (Å²) in [5.41, 5.74) is 11.8. The number of rotatable bonds is 17. The van der Waals surface area contributed by atoms with Gasteiger partial charge in [0.1, 0.15) is 18.1 Å². The molecule has 4 atom stereocenters. The first-order chi connectivity index (χ1) is 16.6. The topological polar surface area (TPSA) is 222 Å². The highest BCUT2D eigenvalue weighted by Gasteiger charge is 2.31. The summed E-state index contributed by atoms with van der Waals surface area (Å²) in [6.45, 7) is 0. The Morgan fingerprint density at radius 3 is 2.03 bits per heavy atom. The zero-order chi connectivity index (χ0) is 26.4. The van der Waals surface area contributed by atoms with Crippen LogP contribution in [-0.4, -0.2) is 92.9 Å². The van der Waals surface area contributed by atoms with Crippen LogP contribution in [0.5, 0.6) is 0 Å². The molecule has 196 valence electrons. The van der Waals surface area contributed by atoms with Crippen LogP contribution in [0, 0.1) is 0 Å². The summed E-state index contributed by atoms with van der Waals surface area (Å²) in [6, 6.07) is -4.62. The van der Waals surface area contributed by atoms with Gasteiger partial charge in [-0.1, -0.05) is 0 Å². The summed E-state index contributed by atoms with van der Waals surface area (Å²) < 4.78 is 0. The molecule has 0 spiro atoms. The Morgan fingerprint density at radius 2 is 1.51 bits per heavy atom. The molecule has 1 aromatic heterocycles. The number of hydrogen-bond acceptors (Lipinski definition) is 9. The Bertz CT molecular complexity index is 855. The predicted octanol–water partition coefficient (Wildman–Crippen LogP) is -1.80. The number of carbonyl (C=O) groups is 5. The highest BCUT2D eigenvalue weighted by atomic mass is 32.2. The summed E-state index contributed by atoms with van der Waals surface area (Å²) >= 11 is 2.85. The van der Waals surface area contributed by atoms with Crippen LogP contribution in [0.2, 0.25) is 0 Å². The van der Waals surface area contributed by atoms with Gasteiger partial charge in [-0.3, -0.25) is 19.2 Å². The van der Waals surface area contributed by atoms with Gasteiger partial charge in [0.05, 0.1) is 18.8 Å². The number of nitrogens with two attached hydrogens (primary N) is 2. The van der Waals surface area contributed by atoms with Crippen molar-refractivity contribution in [1.29, 1.82) is 0 Å². The van der Waals surface area contributed by atoms with Crippen molar-refractivity contribution in [2.45, 2.75) is 49.9 Å². The molecule has 9 N–H and O–H groups in total. The van der Waals surface area contributed by atoms with Crippen molar-refractivity contribution in [1.82, 2.24) is 25.9 Å². The van der Waals surface area contributed by atoms with Gasteiger partial charge in [-0.15, -0.1) is 0 Å². The molecule has 4 unspecified atom stereocenters. The number of H-pyrrole nitrogens is 1. The maximum absolute atomic E-state index is 13.0. The standard InChI is InChI=1S/C20H33N7O6S2/c1-34-5-3-13(25-17(29)12(21)7-11-9-23-10-24-11)18(30)27-15(8-16(22)28)19(31)26-14(20(32)33)4-6-35-2/h9-10,12-15H,3-8,21H2,1-2H3,(H2,22,28)(H,23,24)(H,25,29)(H,26,31)(H,27,30)(H,32,33). The molecular formula is C20H33N7O6S2. The van der Waals surface area contributed by atoms with Crippen LogP contribution in [0.15, 0.2) is 12.5 Å². The first kappa shape index (κ1) is 30.3. The van der Waals surface area contributed by atoms with Crippen LogP contribution in [0.3, 0.4) is 0 Å². The number of primary amides is 1. The molecular weight excluding hydrogens is 498 g/mol. The molecule has 0 aliphatic rings. The fourth-order valence-electron chi connectivity index (χ4n) is 2.96. The molecule has 0 radical (unpaired) electrons. The number of amides is 4. The van der Waals surface area contributed by atoms with Crippen LogP contribution >= 0.6 is 23.5 Å². The van der Waals surface area contributed by atoms with E-state index in [1.165, 1.54) is 36.0 Å². The number of aromatic amines is 1. The van der Waals surface area contributed by atoms with E-state index in [1.54, 1.807) is 6.26 Å². The van der Waals surface area contributed by atoms with Crippen LogP contribution in [0.1, 0.15) is 25.0 Å². The Balaban J connectivity index is 2.91. The molecule has 0 bridgehead atoms. The number of thioether (sulfide) groups is 2. The highest BCUT2D eigenvalue weighted by Crippen LogP contribution is 2.06. The third kappa shape index (κ3) is 11.5. The van der Waals surface area contributed by atoms with E-state index in [2.05, 4.69) is 25.9 Å². The van der Waals surface area contributed by atoms with Crippen molar-refractivity contribution in [2.24, 2.45) is 11.5 Å². The van der Waals surface area contributed by atoms with E-state index >= 15 is 0 Å². The number of imidazole rings is 1. The average molecular weight is 532 g/mol. The number of hydrogen-bond donors (Lipinski definition) is 7. The molecule has 0 saturated heterocycles. The van der Waals surface area contributed by atoms with E-state index in [0.717, 1.165) is 0 Å². The summed E-state index contributed by atoms with van der Waals surface area (Å²) in [6.07, 6.45) is 6.60. The molecule has 1 rings (SSSR count). The van der Waals surface area contributed by atoms with E-state index in [0.29, 0.717) is 17.2 Å². The van der Waals surface area contributed by atoms with Gasteiger partial charge in [0.25, 0.3) is 0 Å². The Kier molecular flexibility index (Phi) is 13.8. The predicted molar refractivity (Wildman–Crippen MR) is 134 cm³/mol. The molecule has 13 nitrogen and oxygen atoms in total. The van der Waals surface area contributed by atoms with E-state index in [-0.39, 0.29) is 19.3 Å². The molecule has 15 heteroatoms. The first-order valence-electron chi connectivity index (χ1n) is 10.7. The maximum atomic E-state index is 13.0. The van der Waals surface area contributed by atoms with Gasteiger partial charge in [0.2, 0.25) is 23.6 Å². The second-order valence-electron chi connectivity index (χ2n) is 7.64. The molecule has 1 heterocycles. The van der Waals surface area contributed by atoms with Gasteiger partial charge in [0, 0.05) is 18.3 Å². The molecule has 1 aromatic rings. The monoisotopic (exact) mass is 531 g/mol. The lowest BCUT2D eigenvalue weighted by Crippen LogP contribution is -2.58. The number of carboxylic acid groups (broad SMARTS) is 1. The van der Waals surface area contributed by atoms with Crippen molar-refractivity contribution in [3.63, 3.8) is 0 Å². The molecule has 0 aliphatic heterocycles. The first-order valence-corrected chi connectivity index (χ1v) is 13.5. The smallest absolute Gasteiger partial charge is 0.326 e. The van der Waals surface area contributed by atoms with Crippen molar-refractivity contribution in [2.75, 3.05) is 24.0 Å². The summed E-state index contributed by atoms with van der Waals surface area (Å²) in [5, 5.41) is 16.7. The number of carboxylic acids is 1. The largest absolute Gasteiger partial charge is 0.480 e. The van der Waals surface area contributed by atoms with Gasteiger partial charge >= 0.3 is 5.97 Å². The number of nitrogens with zero attached hydrogens (tertiary/aromatic N) is 1. The molecule has 4 amide bonds. The lowest BCUT2D eigenvalue weighted by Gasteiger charge is -2.24. The van der Waals surface area contributed by atoms with Crippen LogP contribution in [0.4, 0.5) is 0 Å². The van der Waals surface area contributed by atoms with Crippen LogP contribution < -0.4 is 27.4 Å². The lowest BCUT2D eigenvalue weighted by atomic mass is 10.1. The number of carbonyl (C=O) groups excluding carboxylic acids is 4. The molecule has 0 saturated carbocycles. The maximum Gasteiger partial charge on any atom is 0.326 e. The SMILES string of the molecule is CSCCC(NC(=O)C(CC(N)=O)NC(=O)C(CCSC)NC(=O)C(N)Cc1cnc[nH]1)C(=O)O. The minimum atomic E-state index is -1.41. The van der Waals surface area contributed by atoms with E-state index in [4.69, 9.17) is 11.5 Å². The highest BCUT2D eigenvalue weighted by molar-refractivity contribution is 7.98. The zero-order valence-electron chi connectivity index (χ0n) is 19.6. The normalized spacial score (nSPS) is 14.3. The van der Waals surface area contributed by atoms with Gasteiger partial charge in [0.15, 0.2) is 0 Å². The fraction of sp³-hybridized carbons (Fsp3) is 0.600. The van der Waals surface area contributed by atoms with Crippen molar-refractivity contribution >= 4 is 53.1 Å². The third-order valence-corrected chi connectivity index (χ3v) is 6.13. The minimum Gasteiger partial charge on any atom is -0.480 e. The minimum absolute atomic E-state index is 0.153. The lowest BCUT2D eigenvalue weighted by molar-refractivity contribution is -0.142. The number of aromatic nitrogens is 2. The zero-order valence-corrected chi connectivity index (χ0v) is 21.2. The molecule has 0 fully saturated rings. The van der Waals surface area contributed by atoms with Crippen molar-refractivity contribution in [3.05, 3.63) is 18.2 Å². The van der Waals surface area contributed by atoms with Gasteiger partial charge in [-0.25, -0.2) is 9.78 Å². The van der Waals surface area contributed by atoms with Crippen LogP contribution in [0.25, 0.3) is 0 Å². The van der Waals surface area contributed by atoms with E-state index in [1.807, 2.05) is 6.26 Å². The van der Waals surface area contributed by atoms with Crippen molar-refractivity contribution < 1.29 is 29.1 Å².